The first-order chi connectivity index (χ1) is 14.1. The second-order valence-electron chi connectivity index (χ2n) is 7.51. The van der Waals surface area contributed by atoms with Crippen LogP contribution in [0, 0.1) is 12.8 Å². The quantitative estimate of drug-likeness (QED) is 0.662. The number of carbonyl (C=O) groups is 1. The summed E-state index contributed by atoms with van der Waals surface area (Å²) >= 11 is 0. The van der Waals surface area contributed by atoms with Crippen molar-refractivity contribution in [2.45, 2.75) is 19.4 Å². The Bertz CT molecular complexity index is 1020. The highest BCUT2D eigenvalue weighted by atomic mass is 16.5. The number of carbonyl (C=O) groups excluding carboxylic acids is 1. The SMILES string of the molecule is COCCN1C(=O)C[C@@H](CNc2ncnc3c(C)cccc23)[C@@H]1c1cnn(C)c1. The molecule has 3 aromatic rings. The number of hydrogen-bond acceptors (Lipinski definition) is 6. The Morgan fingerprint density at radius 1 is 1.31 bits per heavy atom. The Labute approximate surface area is 169 Å². The minimum Gasteiger partial charge on any atom is -0.383 e. The number of fused-ring (bicyclic) bond motifs is 1. The van der Waals surface area contributed by atoms with Gasteiger partial charge in [0.15, 0.2) is 0 Å². The van der Waals surface area contributed by atoms with Crippen LogP contribution in [0.4, 0.5) is 5.82 Å². The molecule has 1 aliphatic heterocycles. The third-order valence-electron chi connectivity index (χ3n) is 5.54. The molecule has 0 spiro atoms. The third-order valence-corrected chi connectivity index (χ3v) is 5.54. The molecule has 1 aliphatic rings. The number of aryl methyl sites for hydroxylation is 2. The number of rotatable bonds is 7. The minimum atomic E-state index is -0.0336. The lowest BCUT2D eigenvalue weighted by molar-refractivity contribution is -0.129. The normalized spacial score (nSPS) is 19.3. The van der Waals surface area contributed by atoms with Crippen molar-refractivity contribution in [3.05, 3.63) is 48.0 Å². The van der Waals surface area contributed by atoms with Crippen molar-refractivity contribution in [3.8, 4) is 0 Å². The maximum Gasteiger partial charge on any atom is 0.223 e. The van der Waals surface area contributed by atoms with Gasteiger partial charge in [0.2, 0.25) is 5.91 Å². The van der Waals surface area contributed by atoms with Crippen LogP contribution in [0.1, 0.15) is 23.6 Å². The standard InChI is InChI=1S/C21H26N6O2/c1-14-5-4-6-17-19(14)23-13-24-21(17)22-10-15-9-18(28)27(7-8-29-3)20(15)16-11-25-26(2)12-16/h4-6,11-13,15,20H,7-10H2,1-3H3,(H,22,23,24)/t15-,20+/m0/s1. The molecule has 0 aliphatic carbocycles. The molecule has 1 saturated heterocycles. The van der Waals surface area contributed by atoms with Crippen molar-refractivity contribution >= 4 is 22.6 Å². The number of methoxy groups -OCH3 is 1. The molecule has 4 rings (SSSR count). The predicted molar refractivity (Wildman–Crippen MR) is 110 cm³/mol. The fraction of sp³-hybridized carbons (Fsp3) is 0.429. The molecule has 0 bridgehead atoms. The number of anilines is 1. The fourth-order valence-corrected chi connectivity index (χ4v) is 4.15. The zero-order valence-corrected chi connectivity index (χ0v) is 17.0. The van der Waals surface area contributed by atoms with Gasteiger partial charge in [-0.15, -0.1) is 0 Å². The van der Waals surface area contributed by atoms with Crippen molar-refractivity contribution in [1.82, 2.24) is 24.6 Å². The Hall–Kier alpha value is -3.00. The number of likely N-dealkylation sites (tertiary alicyclic amines) is 1. The van der Waals surface area contributed by atoms with Gasteiger partial charge in [0.05, 0.1) is 24.4 Å². The fourth-order valence-electron chi connectivity index (χ4n) is 4.15. The van der Waals surface area contributed by atoms with Crippen molar-refractivity contribution in [2.75, 3.05) is 32.1 Å². The Morgan fingerprint density at radius 3 is 2.93 bits per heavy atom. The molecule has 8 heteroatoms. The third kappa shape index (κ3) is 3.80. The van der Waals surface area contributed by atoms with Gasteiger partial charge in [-0.1, -0.05) is 12.1 Å². The number of ether oxygens (including phenoxy) is 1. The number of hydrogen-bond donors (Lipinski definition) is 1. The van der Waals surface area contributed by atoms with Gasteiger partial charge >= 0.3 is 0 Å². The molecular formula is C21H26N6O2. The lowest BCUT2D eigenvalue weighted by atomic mass is 9.95. The zero-order valence-electron chi connectivity index (χ0n) is 17.0. The summed E-state index contributed by atoms with van der Waals surface area (Å²) < 4.78 is 6.99. The average molecular weight is 394 g/mol. The lowest BCUT2D eigenvalue weighted by Gasteiger charge is -2.27. The van der Waals surface area contributed by atoms with E-state index < -0.39 is 0 Å². The summed E-state index contributed by atoms with van der Waals surface area (Å²) in [5.74, 6) is 1.05. The molecule has 8 nitrogen and oxygen atoms in total. The van der Waals surface area contributed by atoms with E-state index in [0.29, 0.717) is 26.1 Å². The largest absolute Gasteiger partial charge is 0.383 e. The smallest absolute Gasteiger partial charge is 0.223 e. The van der Waals surface area contributed by atoms with Gasteiger partial charge in [0.1, 0.15) is 12.1 Å². The van der Waals surface area contributed by atoms with E-state index in [9.17, 15) is 4.79 Å². The number of benzene rings is 1. The molecule has 29 heavy (non-hydrogen) atoms. The zero-order chi connectivity index (χ0) is 20.4. The second kappa shape index (κ2) is 8.16. The molecular weight excluding hydrogens is 368 g/mol. The van der Waals surface area contributed by atoms with Gasteiger partial charge in [-0.2, -0.15) is 5.10 Å². The van der Waals surface area contributed by atoms with Crippen LogP contribution in [0.25, 0.3) is 10.9 Å². The molecule has 1 fully saturated rings. The molecule has 152 valence electrons. The van der Waals surface area contributed by atoms with Crippen LogP contribution in [0.5, 0.6) is 0 Å². The van der Waals surface area contributed by atoms with Crippen LogP contribution in [-0.4, -0.2) is 57.4 Å². The molecule has 2 atom stereocenters. The molecule has 0 radical (unpaired) electrons. The first kappa shape index (κ1) is 19.3. The summed E-state index contributed by atoms with van der Waals surface area (Å²) in [6, 6.07) is 6.04. The Kier molecular flexibility index (Phi) is 5.44. The summed E-state index contributed by atoms with van der Waals surface area (Å²) in [5.41, 5.74) is 3.10. The van der Waals surface area contributed by atoms with Crippen molar-refractivity contribution < 1.29 is 9.53 Å². The van der Waals surface area contributed by atoms with Crippen LogP contribution in [-0.2, 0) is 16.6 Å². The van der Waals surface area contributed by atoms with Crippen LogP contribution in [0.3, 0.4) is 0 Å². The van der Waals surface area contributed by atoms with E-state index in [0.717, 1.165) is 27.8 Å². The first-order valence-electron chi connectivity index (χ1n) is 9.79. The van der Waals surface area contributed by atoms with E-state index >= 15 is 0 Å². The van der Waals surface area contributed by atoms with E-state index in [1.54, 1.807) is 18.1 Å². The maximum absolute atomic E-state index is 12.7. The van der Waals surface area contributed by atoms with Gasteiger partial charge in [-0.3, -0.25) is 9.48 Å². The van der Waals surface area contributed by atoms with Crippen LogP contribution < -0.4 is 5.32 Å². The molecule has 1 amide bonds. The van der Waals surface area contributed by atoms with Crippen molar-refractivity contribution in [3.63, 3.8) is 0 Å². The van der Waals surface area contributed by atoms with E-state index in [1.807, 2.05) is 49.5 Å². The highest BCUT2D eigenvalue weighted by Gasteiger charge is 2.40. The maximum atomic E-state index is 12.7. The molecule has 1 aromatic carbocycles. The van der Waals surface area contributed by atoms with Crippen molar-refractivity contribution in [2.24, 2.45) is 13.0 Å². The summed E-state index contributed by atoms with van der Waals surface area (Å²) in [6.07, 6.45) is 5.90. The molecule has 2 aromatic heterocycles. The second-order valence-corrected chi connectivity index (χ2v) is 7.51. The van der Waals surface area contributed by atoms with Gasteiger partial charge in [-0.25, -0.2) is 9.97 Å². The average Bonchev–Trinajstić information content (AvgIpc) is 3.27. The number of para-hydroxylation sites is 1. The van der Waals surface area contributed by atoms with Gasteiger partial charge in [0.25, 0.3) is 0 Å². The van der Waals surface area contributed by atoms with E-state index in [1.165, 1.54) is 0 Å². The molecule has 3 heterocycles. The molecule has 0 unspecified atom stereocenters. The van der Waals surface area contributed by atoms with Gasteiger partial charge in [0, 0.05) is 56.7 Å². The summed E-state index contributed by atoms with van der Waals surface area (Å²) in [6.45, 7) is 3.76. The van der Waals surface area contributed by atoms with E-state index in [4.69, 9.17) is 4.74 Å². The molecule has 1 N–H and O–H groups in total. The molecule has 0 saturated carbocycles. The van der Waals surface area contributed by atoms with Crippen LogP contribution >= 0.6 is 0 Å². The number of aromatic nitrogens is 4. The van der Waals surface area contributed by atoms with E-state index in [2.05, 4.69) is 20.4 Å². The summed E-state index contributed by atoms with van der Waals surface area (Å²) in [7, 11) is 3.54. The van der Waals surface area contributed by atoms with Gasteiger partial charge in [-0.05, 0) is 18.6 Å². The number of nitrogens with zero attached hydrogens (tertiary/aromatic N) is 5. The lowest BCUT2D eigenvalue weighted by Crippen LogP contribution is -2.33. The summed E-state index contributed by atoms with van der Waals surface area (Å²) in [4.78, 5) is 23.5. The summed E-state index contributed by atoms with van der Waals surface area (Å²) in [5, 5.41) is 8.77. The Morgan fingerprint density at radius 2 is 2.17 bits per heavy atom. The topological polar surface area (TPSA) is 85.2 Å². The first-order valence-corrected chi connectivity index (χ1v) is 9.79. The number of nitrogens with one attached hydrogen (secondary N) is 1. The van der Waals surface area contributed by atoms with E-state index in [-0.39, 0.29) is 17.9 Å². The van der Waals surface area contributed by atoms with Crippen molar-refractivity contribution in [1.29, 1.82) is 0 Å². The van der Waals surface area contributed by atoms with Crippen LogP contribution in [0.2, 0.25) is 0 Å². The highest BCUT2D eigenvalue weighted by Crippen LogP contribution is 2.38. The minimum absolute atomic E-state index is 0.0336. The predicted octanol–water partition coefficient (Wildman–Crippen LogP) is 2.32. The number of amides is 1. The highest BCUT2D eigenvalue weighted by molar-refractivity contribution is 5.90. The van der Waals surface area contributed by atoms with Crippen LogP contribution in [0.15, 0.2) is 36.9 Å². The van der Waals surface area contributed by atoms with Gasteiger partial charge < -0.3 is 15.0 Å². The Balaban J connectivity index is 1.58. The monoisotopic (exact) mass is 394 g/mol.